The number of carboxylic acid groups (broad SMARTS) is 1. The molecule has 0 bridgehead atoms. The van der Waals surface area contributed by atoms with Crippen LogP contribution in [0.3, 0.4) is 0 Å². The average molecular weight is 313 g/mol. The molecule has 21 heavy (non-hydrogen) atoms. The van der Waals surface area contributed by atoms with Crippen LogP contribution in [0.5, 0.6) is 0 Å². The number of thioether (sulfide) groups is 1. The van der Waals surface area contributed by atoms with Crippen molar-refractivity contribution in [2.75, 3.05) is 32.1 Å². The quantitative estimate of drug-likeness (QED) is 0.581. The molecule has 2 N–H and O–H groups in total. The molecule has 1 aromatic rings. The van der Waals surface area contributed by atoms with Crippen molar-refractivity contribution in [3.05, 3.63) is 21.7 Å². The Morgan fingerprint density at radius 1 is 1.43 bits per heavy atom. The van der Waals surface area contributed by atoms with Crippen LogP contribution in [0.15, 0.2) is 9.82 Å². The number of rotatable bonds is 4. The molecule has 1 aliphatic heterocycles. The summed E-state index contributed by atoms with van der Waals surface area (Å²) >= 11 is 0.961. The summed E-state index contributed by atoms with van der Waals surface area (Å²) in [5.41, 5.74) is -0.475. The summed E-state index contributed by atoms with van der Waals surface area (Å²) in [7, 11) is 0. The van der Waals surface area contributed by atoms with Crippen molar-refractivity contribution in [1.29, 1.82) is 0 Å². The Bertz CT molecular complexity index is 609. The van der Waals surface area contributed by atoms with E-state index in [1.807, 2.05) is 0 Å². The summed E-state index contributed by atoms with van der Waals surface area (Å²) in [6.07, 6.45) is 0. The lowest BCUT2D eigenvalue weighted by Gasteiger charge is -2.26. The van der Waals surface area contributed by atoms with E-state index in [9.17, 15) is 14.4 Å². The van der Waals surface area contributed by atoms with Gasteiger partial charge in [-0.15, -0.1) is 0 Å². The molecule has 114 valence electrons. The van der Waals surface area contributed by atoms with Crippen LogP contribution in [-0.2, 0) is 9.53 Å². The van der Waals surface area contributed by atoms with E-state index in [-0.39, 0.29) is 27.9 Å². The van der Waals surface area contributed by atoms with Gasteiger partial charge in [-0.2, -0.15) is 4.98 Å². The molecule has 8 nitrogen and oxygen atoms in total. The van der Waals surface area contributed by atoms with Gasteiger partial charge in [0.25, 0.3) is 0 Å². The smallest absolute Gasteiger partial charge is 0.346 e. The van der Waals surface area contributed by atoms with E-state index in [1.54, 1.807) is 4.90 Å². The normalized spacial score (nSPS) is 15.0. The first kappa shape index (κ1) is 15.5. The number of carboxylic acids is 1. The summed E-state index contributed by atoms with van der Waals surface area (Å²) in [6, 6.07) is 0. The van der Waals surface area contributed by atoms with Crippen molar-refractivity contribution in [1.82, 2.24) is 14.9 Å². The monoisotopic (exact) mass is 313 g/mol. The zero-order chi connectivity index (χ0) is 15.4. The number of aromatic nitrogens is 2. The van der Waals surface area contributed by atoms with Crippen LogP contribution in [0.4, 0.5) is 0 Å². The van der Waals surface area contributed by atoms with Crippen LogP contribution in [-0.4, -0.2) is 63.9 Å². The van der Waals surface area contributed by atoms with Crippen LogP contribution < -0.4 is 5.69 Å². The van der Waals surface area contributed by atoms with Gasteiger partial charge in [0.2, 0.25) is 5.91 Å². The van der Waals surface area contributed by atoms with E-state index in [4.69, 9.17) is 9.84 Å². The number of aromatic carboxylic acids is 1. The molecule has 2 heterocycles. The summed E-state index contributed by atoms with van der Waals surface area (Å²) in [5.74, 6) is -1.27. The minimum absolute atomic E-state index is 0.0379. The topological polar surface area (TPSA) is 113 Å². The van der Waals surface area contributed by atoms with E-state index < -0.39 is 11.7 Å². The summed E-state index contributed by atoms with van der Waals surface area (Å²) in [6.45, 7) is 3.53. The highest BCUT2D eigenvalue weighted by molar-refractivity contribution is 8.00. The second kappa shape index (κ2) is 6.72. The number of morpholine rings is 1. The highest BCUT2D eigenvalue weighted by Gasteiger charge is 2.21. The van der Waals surface area contributed by atoms with Crippen molar-refractivity contribution in [2.45, 2.75) is 11.9 Å². The number of carbonyl (C=O) groups is 2. The average Bonchev–Trinajstić information content (AvgIpc) is 2.44. The second-order valence-electron chi connectivity index (χ2n) is 4.43. The van der Waals surface area contributed by atoms with Gasteiger partial charge >= 0.3 is 11.7 Å². The van der Waals surface area contributed by atoms with E-state index in [0.717, 1.165) is 11.8 Å². The largest absolute Gasteiger partial charge is 0.478 e. The number of aromatic amines is 1. The van der Waals surface area contributed by atoms with E-state index in [0.29, 0.717) is 26.3 Å². The van der Waals surface area contributed by atoms with Crippen molar-refractivity contribution >= 4 is 23.6 Å². The minimum atomic E-state index is -1.18. The molecular weight excluding hydrogens is 298 g/mol. The third-order valence-electron chi connectivity index (χ3n) is 3.00. The Labute approximate surface area is 124 Å². The van der Waals surface area contributed by atoms with Gasteiger partial charge in [0.05, 0.1) is 19.0 Å². The second-order valence-corrected chi connectivity index (χ2v) is 5.40. The lowest BCUT2D eigenvalue weighted by atomic mass is 10.2. The van der Waals surface area contributed by atoms with Gasteiger partial charge in [0.15, 0.2) is 0 Å². The third-order valence-corrected chi connectivity index (χ3v) is 3.96. The van der Waals surface area contributed by atoms with Crippen LogP contribution >= 0.6 is 11.8 Å². The fourth-order valence-corrected chi connectivity index (χ4v) is 2.92. The SMILES string of the molecule is Cc1[nH]c(=O)nc(SCC(=O)N2CCOCC2)c1C(=O)O. The van der Waals surface area contributed by atoms with Crippen molar-refractivity contribution in [3.63, 3.8) is 0 Å². The molecule has 0 unspecified atom stereocenters. The number of hydrogen-bond donors (Lipinski definition) is 2. The van der Waals surface area contributed by atoms with Gasteiger partial charge < -0.3 is 19.7 Å². The first-order valence-corrected chi connectivity index (χ1v) is 7.30. The van der Waals surface area contributed by atoms with Crippen molar-refractivity contribution in [2.24, 2.45) is 0 Å². The van der Waals surface area contributed by atoms with Crippen molar-refractivity contribution < 1.29 is 19.4 Å². The molecule has 1 fully saturated rings. The van der Waals surface area contributed by atoms with E-state index in [1.165, 1.54) is 6.92 Å². The number of ether oxygens (including phenoxy) is 1. The minimum Gasteiger partial charge on any atom is -0.478 e. The van der Waals surface area contributed by atoms with Crippen LogP contribution in [0.2, 0.25) is 0 Å². The third kappa shape index (κ3) is 3.82. The molecule has 1 aliphatic rings. The van der Waals surface area contributed by atoms with Gasteiger partial charge in [-0.1, -0.05) is 11.8 Å². The maximum Gasteiger partial charge on any atom is 0.346 e. The van der Waals surface area contributed by atoms with Gasteiger partial charge in [0.1, 0.15) is 10.6 Å². The molecule has 0 atom stereocenters. The number of nitrogens with one attached hydrogen (secondary N) is 1. The molecule has 1 aromatic heterocycles. The highest BCUT2D eigenvalue weighted by Crippen LogP contribution is 2.21. The number of nitrogens with zero attached hydrogens (tertiary/aromatic N) is 2. The Kier molecular flexibility index (Phi) is 4.97. The zero-order valence-corrected chi connectivity index (χ0v) is 12.2. The zero-order valence-electron chi connectivity index (χ0n) is 11.4. The van der Waals surface area contributed by atoms with Gasteiger partial charge in [-0.05, 0) is 6.92 Å². The summed E-state index contributed by atoms with van der Waals surface area (Å²) in [4.78, 5) is 42.2. The summed E-state index contributed by atoms with van der Waals surface area (Å²) < 4.78 is 5.16. The molecule has 0 radical (unpaired) electrons. The summed E-state index contributed by atoms with van der Waals surface area (Å²) in [5, 5.41) is 9.22. The highest BCUT2D eigenvalue weighted by atomic mass is 32.2. The molecule has 1 amide bonds. The molecule has 2 rings (SSSR count). The van der Waals surface area contributed by atoms with Gasteiger partial charge in [-0.3, -0.25) is 4.79 Å². The van der Waals surface area contributed by atoms with E-state index in [2.05, 4.69) is 9.97 Å². The molecule has 0 saturated carbocycles. The maximum absolute atomic E-state index is 12.0. The lowest BCUT2D eigenvalue weighted by Crippen LogP contribution is -2.41. The molecular formula is C12H15N3O5S. The first-order valence-electron chi connectivity index (χ1n) is 6.31. The Balaban J connectivity index is 2.10. The van der Waals surface area contributed by atoms with Crippen LogP contribution in [0.25, 0.3) is 0 Å². The molecule has 1 saturated heterocycles. The van der Waals surface area contributed by atoms with Crippen LogP contribution in [0, 0.1) is 6.92 Å². The molecule has 0 spiro atoms. The van der Waals surface area contributed by atoms with E-state index >= 15 is 0 Å². The number of carbonyl (C=O) groups excluding carboxylic acids is 1. The molecule has 0 aromatic carbocycles. The molecule has 9 heteroatoms. The standard InChI is InChI=1S/C12H15N3O5S/c1-7-9(11(17)18)10(14-12(19)13-7)21-6-8(16)15-2-4-20-5-3-15/h2-6H2,1H3,(H,17,18)(H,13,14,19). The fraction of sp³-hybridized carbons (Fsp3) is 0.500. The number of amides is 1. The lowest BCUT2D eigenvalue weighted by molar-refractivity contribution is -0.132. The van der Waals surface area contributed by atoms with Crippen molar-refractivity contribution in [3.8, 4) is 0 Å². The Morgan fingerprint density at radius 3 is 2.71 bits per heavy atom. The van der Waals surface area contributed by atoms with Crippen LogP contribution in [0.1, 0.15) is 16.1 Å². The van der Waals surface area contributed by atoms with Gasteiger partial charge in [-0.25, -0.2) is 9.59 Å². The number of aryl methyl sites for hydroxylation is 1. The predicted octanol–water partition coefficient (Wildman–Crippen LogP) is -0.273. The molecule has 0 aliphatic carbocycles. The Morgan fingerprint density at radius 2 is 2.10 bits per heavy atom. The number of hydrogen-bond acceptors (Lipinski definition) is 6. The first-order chi connectivity index (χ1) is 9.99. The number of H-pyrrole nitrogens is 1. The van der Waals surface area contributed by atoms with Gasteiger partial charge in [0, 0.05) is 18.8 Å². The Hall–Kier alpha value is -1.87. The predicted molar refractivity (Wildman–Crippen MR) is 74.7 cm³/mol. The maximum atomic E-state index is 12.0. The fourth-order valence-electron chi connectivity index (χ4n) is 1.95.